The normalized spacial score (nSPS) is 9.86. The molecular formula is C16H16N2O3. The maximum atomic E-state index is 12.1. The van der Waals surface area contributed by atoms with E-state index in [0.29, 0.717) is 23.6 Å². The number of aromatic nitrogens is 1. The van der Waals surface area contributed by atoms with E-state index in [-0.39, 0.29) is 12.5 Å². The highest BCUT2D eigenvalue weighted by Crippen LogP contribution is 2.12. The third-order valence-electron chi connectivity index (χ3n) is 2.98. The van der Waals surface area contributed by atoms with Gasteiger partial charge in [0.2, 0.25) is 0 Å². The number of hydrogen-bond acceptors (Lipinski definition) is 4. The second-order valence-electron chi connectivity index (χ2n) is 4.54. The molecular weight excluding hydrogens is 268 g/mol. The molecule has 5 heteroatoms. The molecule has 0 aliphatic heterocycles. The summed E-state index contributed by atoms with van der Waals surface area (Å²) >= 11 is 0. The standard InChI is InChI=1S/C16H16N2O3/c1-11-15(12(2)21-18-11)16(20)17-10-14-7-5-13(6-8-14)4-3-9-19/h5-8,19H,9-10H2,1-2H3,(H,17,20). The van der Waals surface area contributed by atoms with Gasteiger partial charge in [-0.25, -0.2) is 0 Å². The molecule has 21 heavy (non-hydrogen) atoms. The van der Waals surface area contributed by atoms with Crippen LogP contribution in [0.15, 0.2) is 28.8 Å². The topological polar surface area (TPSA) is 75.4 Å². The van der Waals surface area contributed by atoms with Crippen molar-refractivity contribution in [3.05, 3.63) is 52.4 Å². The second kappa shape index (κ2) is 6.73. The fraction of sp³-hybridized carbons (Fsp3) is 0.250. The van der Waals surface area contributed by atoms with E-state index in [1.165, 1.54) is 0 Å². The number of hydrogen-bond donors (Lipinski definition) is 2. The molecule has 0 saturated carbocycles. The van der Waals surface area contributed by atoms with Crippen LogP contribution in [0.2, 0.25) is 0 Å². The summed E-state index contributed by atoms with van der Waals surface area (Å²) in [7, 11) is 0. The van der Waals surface area contributed by atoms with Crippen LogP contribution in [-0.4, -0.2) is 22.8 Å². The van der Waals surface area contributed by atoms with Crippen LogP contribution in [0.25, 0.3) is 0 Å². The van der Waals surface area contributed by atoms with Gasteiger partial charge in [0.25, 0.3) is 5.91 Å². The minimum Gasteiger partial charge on any atom is -0.384 e. The lowest BCUT2D eigenvalue weighted by Crippen LogP contribution is -2.23. The predicted molar refractivity (Wildman–Crippen MR) is 77.6 cm³/mol. The average molecular weight is 284 g/mol. The van der Waals surface area contributed by atoms with Crippen molar-refractivity contribution in [2.24, 2.45) is 0 Å². The van der Waals surface area contributed by atoms with Gasteiger partial charge in [-0.2, -0.15) is 0 Å². The first-order valence-corrected chi connectivity index (χ1v) is 6.51. The summed E-state index contributed by atoms with van der Waals surface area (Å²) in [5.41, 5.74) is 2.86. The Balaban J connectivity index is 1.98. The molecule has 2 N–H and O–H groups in total. The van der Waals surface area contributed by atoms with Crippen LogP contribution in [0, 0.1) is 25.7 Å². The summed E-state index contributed by atoms with van der Waals surface area (Å²) in [6.45, 7) is 3.70. The minimum absolute atomic E-state index is 0.157. The second-order valence-corrected chi connectivity index (χ2v) is 4.54. The molecule has 0 aliphatic carbocycles. The zero-order valence-corrected chi connectivity index (χ0v) is 11.9. The highest BCUT2D eigenvalue weighted by atomic mass is 16.5. The molecule has 0 bridgehead atoms. The van der Waals surface area contributed by atoms with Gasteiger partial charge in [0.1, 0.15) is 17.9 Å². The number of carbonyl (C=O) groups excluding carboxylic acids is 1. The fourth-order valence-electron chi connectivity index (χ4n) is 1.93. The Kier molecular flexibility index (Phi) is 4.75. The van der Waals surface area contributed by atoms with Gasteiger partial charge in [0.05, 0.1) is 5.69 Å². The van der Waals surface area contributed by atoms with Crippen LogP contribution in [0.3, 0.4) is 0 Å². The molecule has 0 unspecified atom stereocenters. The number of aliphatic hydroxyl groups is 1. The molecule has 0 saturated heterocycles. The van der Waals surface area contributed by atoms with E-state index in [4.69, 9.17) is 9.63 Å². The smallest absolute Gasteiger partial charge is 0.257 e. The predicted octanol–water partition coefficient (Wildman–Crippen LogP) is 1.57. The molecule has 0 radical (unpaired) electrons. The van der Waals surface area contributed by atoms with E-state index in [1.807, 2.05) is 24.3 Å². The lowest BCUT2D eigenvalue weighted by Gasteiger charge is -2.05. The van der Waals surface area contributed by atoms with Crippen molar-refractivity contribution in [2.75, 3.05) is 6.61 Å². The first kappa shape index (κ1) is 14.8. The van der Waals surface area contributed by atoms with Gasteiger partial charge >= 0.3 is 0 Å². The van der Waals surface area contributed by atoms with Gasteiger partial charge in [0, 0.05) is 12.1 Å². The van der Waals surface area contributed by atoms with Gasteiger partial charge in [-0.05, 0) is 31.5 Å². The molecule has 1 aromatic carbocycles. The lowest BCUT2D eigenvalue weighted by atomic mass is 10.1. The molecule has 2 rings (SSSR count). The van der Waals surface area contributed by atoms with Crippen molar-refractivity contribution < 1.29 is 14.4 Å². The molecule has 1 amide bonds. The zero-order chi connectivity index (χ0) is 15.2. The number of carbonyl (C=O) groups is 1. The Morgan fingerprint density at radius 1 is 1.33 bits per heavy atom. The lowest BCUT2D eigenvalue weighted by molar-refractivity contribution is 0.0949. The first-order valence-electron chi connectivity index (χ1n) is 6.51. The van der Waals surface area contributed by atoms with E-state index in [1.54, 1.807) is 13.8 Å². The Labute approximate surface area is 123 Å². The van der Waals surface area contributed by atoms with Crippen LogP contribution >= 0.6 is 0 Å². The Morgan fingerprint density at radius 3 is 2.62 bits per heavy atom. The highest BCUT2D eigenvalue weighted by molar-refractivity contribution is 5.96. The van der Waals surface area contributed by atoms with Gasteiger partial charge in [-0.3, -0.25) is 4.79 Å². The van der Waals surface area contributed by atoms with E-state index in [9.17, 15) is 4.79 Å². The Hall–Kier alpha value is -2.58. The van der Waals surface area contributed by atoms with Crippen molar-refractivity contribution >= 4 is 5.91 Å². The van der Waals surface area contributed by atoms with Crippen molar-refractivity contribution in [3.8, 4) is 11.8 Å². The summed E-state index contributed by atoms with van der Waals surface area (Å²) in [5, 5.41) is 15.2. The molecule has 1 heterocycles. The molecule has 0 spiro atoms. The molecule has 0 aliphatic rings. The number of amides is 1. The summed E-state index contributed by atoms with van der Waals surface area (Å²) < 4.78 is 4.98. The van der Waals surface area contributed by atoms with Crippen LogP contribution < -0.4 is 5.32 Å². The average Bonchev–Trinajstić information content (AvgIpc) is 2.83. The minimum atomic E-state index is -0.199. The van der Waals surface area contributed by atoms with Gasteiger partial charge in [0.15, 0.2) is 0 Å². The maximum Gasteiger partial charge on any atom is 0.257 e. The first-order chi connectivity index (χ1) is 10.1. The third kappa shape index (κ3) is 3.71. The SMILES string of the molecule is Cc1noc(C)c1C(=O)NCc1ccc(C#CCO)cc1. The van der Waals surface area contributed by atoms with Crippen LogP contribution in [0.5, 0.6) is 0 Å². The number of aryl methyl sites for hydroxylation is 2. The number of nitrogens with zero attached hydrogens (tertiary/aromatic N) is 1. The molecule has 1 aromatic heterocycles. The van der Waals surface area contributed by atoms with Crippen molar-refractivity contribution in [1.82, 2.24) is 10.5 Å². The number of rotatable bonds is 3. The monoisotopic (exact) mass is 284 g/mol. The molecule has 5 nitrogen and oxygen atoms in total. The van der Waals surface area contributed by atoms with Crippen LogP contribution in [-0.2, 0) is 6.54 Å². The van der Waals surface area contributed by atoms with Crippen LogP contribution in [0.4, 0.5) is 0 Å². The van der Waals surface area contributed by atoms with E-state index >= 15 is 0 Å². The quantitative estimate of drug-likeness (QED) is 0.839. The maximum absolute atomic E-state index is 12.1. The largest absolute Gasteiger partial charge is 0.384 e. The van der Waals surface area contributed by atoms with Gasteiger partial charge in [-0.15, -0.1) is 0 Å². The van der Waals surface area contributed by atoms with E-state index in [0.717, 1.165) is 11.1 Å². The van der Waals surface area contributed by atoms with E-state index in [2.05, 4.69) is 22.3 Å². The highest BCUT2D eigenvalue weighted by Gasteiger charge is 2.16. The number of benzene rings is 1. The summed E-state index contributed by atoms with van der Waals surface area (Å²) in [4.78, 5) is 12.1. The van der Waals surface area contributed by atoms with Gasteiger partial charge in [-0.1, -0.05) is 29.1 Å². The number of aliphatic hydroxyl groups excluding tert-OH is 1. The summed E-state index contributed by atoms with van der Waals surface area (Å²) in [6.07, 6.45) is 0. The fourth-order valence-corrected chi connectivity index (χ4v) is 1.93. The molecule has 0 atom stereocenters. The number of nitrogens with one attached hydrogen (secondary N) is 1. The van der Waals surface area contributed by atoms with Gasteiger partial charge < -0.3 is 14.9 Å². The summed E-state index contributed by atoms with van der Waals surface area (Å²) in [6, 6.07) is 7.46. The summed E-state index contributed by atoms with van der Waals surface area (Å²) in [5.74, 6) is 5.71. The van der Waals surface area contributed by atoms with E-state index < -0.39 is 0 Å². The molecule has 0 fully saturated rings. The van der Waals surface area contributed by atoms with Crippen molar-refractivity contribution in [2.45, 2.75) is 20.4 Å². The molecule has 108 valence electrons. The zero-order valence-electron chi connectivity index (χ0n) is 11.9. The van der Waals surface area contributed by atoms with Crippen molar-refractivity contribution in [3.63, 3.8) is 0 Å². The van der Waals surface area contributed by atoms with Crippen molar-refractivity contribution in [1.29, 1.82) is 0 Å². The third-order valence-corrected chi connectivity index (χ3v) is 2.98. The molecule has 2 aromatic rings. The Bertz CT molecular complexity index is 671. The van der Waals surface area contributed by atoms with Crippen LogP contribution in [0.1, 0.15) is 32.9 Å². The Morgan fingerprint density at radius 2 is 2.05 bits per heavy atom.